The minimum Gasteiger partial charge on any atom is -0.314 e. The van der Waals surface area contributed by atoms with E-state index in [0.29, 0.717) is 19.1 Å². The van der Waals surface area contributed by atoms with E-state index in [0.717, 1.165) is 26.2 Å². The summed E-state index contributed by atoms with van der Waals surface area (Å²) in [6, 6.07) is 0.560. The highest BCUT2D eigenvalue weighted by atomic mass is 79.9. The van der Waals surface area contributed by atoms with Crippen molar-refractivity contribution < 1.29 is 8.42 Å². The Balaban J connectivity index is 1.73. The molecule has 0 aliphatic carbocycles. The summed E-state index contributed by atoms with van der Waals surface area (Å²) >= 11 is 3.16. The third-order valence-electron chi connectivity index (χ3n) is 3.87. The molecule has 10 heteroatoms. The molecule has 3 rings (SSSR count). The fourth-order valence-electron chi connectivity index (χ4n) is 2.56. The van der Waals surface area contributed by atoms with Gasteiger partial charge in [-0.3, -0.25) is 4.90 Å². The van der Waals surface area contributed by atoms with Crippen LogP contribution in [-0.4, -0.2) is 77.9 Å². The second-order valence-electron chi connectivity index (χ2n) is 5.06. The quantitative estimate of drug-likeness (QED) is 0.729. The second kappa shape index (κ2) is 5.34. The highest BCUT2D eigenvalue weighted by Crippen LogP contribution is 2.23. The van der Waals surface area contributed by atoms with E-state index in [1.165, 1.54) is 8.99 Å². The van der Waals surface area contributed by atoms with E-state index in [-0.39, 0.29) is 9.63 Å². The van der Waals surface area contributed by atoms with Gasteiger partial charge in [-0.25, -0.2) is 13.1 Å². The summed E-state index contributed by atoms with van der Waals surface area (Å²) in [7, 11) is -1.95. The Morgan fingerprint density at radius 1 is 1.25 bits per heavy atom. The van der Waals surface area contributed by atoms with Crippen molar-refractivity contribution in [1.82, 2.24) is 29.5 Å². The number of aryl methyl sites for hydroxylation is 1. The van der Waals surface area contributed by atoms with E-state index in [9.17, 15) is 8.42 Å². The van der Waals surface area contributed by atoms with Gasteiger partial charge >= 0.3 is 0 Å². The summed E-state index contributed by atoms with van der Waals surface area (Å²) < 4.78 is 28.3. The fourth-order valence-corrected chi connectivity index (χ4v) is 5.01. The van der Waals surface area contributed by atoms with E-state index in [1.807, 2.05) is 0 Å². The van der Waals surface area contributed by atoms with Crippen LogP contribution in [0.2, 0.25) is 0 Å². The van der Waals surface area contributed by atoms with E-state index in [4.69, 9.17) is 0 Å². The van der Waals surface area contributed by atoms with Crippen molar-refractivity contribution >= 4 is 26.0 Å². The average molecular weight is 365 g/mol. The van der Waals surface area contributed by atoms with Crippen molar-refractivity contribution in [2.45, 2.75) is 11.1 Å². The summed E-state index contributed by atoms with van der Waals surface area (Å²) in [5, 5.41) is 10.8. The number of nitrogens with zero attached hydrogens (tertiary/aromatic N) is 5. The largest absolute Gasteiger partial charge is 0.314 e. The lowest BCUT2D eigenvalue weighted by atomic mass is 10.1. The van der Waals surface area contributed by atoms with Crippen LogP contribution in [0.15, 0.2) is 9.63 Å². The minimum atomic E-state index is -3.54. The Morgan fingerprint density at radius 3 is 2.35 bits per heavy atom. The van der Waals surface area contributed by atoms with Crippen molar-refractivity contribution in [3.63, 3.8) is 0 Å². The second-order valence-corrected chi connectivity index (χ2v) is 7.67. The lowest BCUT2D eigenvalue weighted by Crippen LogP contribution is -2.62. The third-order valence-corrected chi connectivity index (χ3v) is 6.66. The summed E-state index contributed by atoms with van der Waals surface area (Å²) in [4.78, 5) is 2.35. The maximum absolute atomic E-state index is 12.6. The standard InChI is InChI=1S/C10H17BrN6O2S/c1-15-10(9(11)13-14-15)20(18,19)17-4-2-16(3-5-17)8-6-12-7-8/h8,12H,2-7H2,1H3. The number of hydrogen-bond donors (Lipinski definition) is 1. The predicted octanol–water partition coefficient (Wildman–Crippen LogP) is -1.14. The van der Waals surface area contributed by atoms with Crippen LogP contribution in [0.5, 0.6) is 0 Å². The maximum atomic E-state index is 12.6. The predicted molar refractivity (Wildman–Crippen MR) is 75.7 cm³/mol. The molecule has 0 saturated carbocycles. The molecule has 2 aliphatic heterocycles. The van der Waals surface area contributed by atoms with Crippen molar-refractivity contribution in [2.24, 2.45) is 7.05 Å². The number of nitrogens with one attached hydrogen (secondary N) is 1. The van der Waals surface area contributed by atoms with Gasteiger partial charge in [0.2, 0.25) is 5.03 Å². The molecule has 8 nitrogen and oxygen atoms in total. The van der Waals surface area contributed by atoms with Crippen molar-refractivity contribution in [1.29, 1.82) is 0 Å². The van der Waals surface area contributed by atoms with Crippen LogP contribution < -0.4 is 5.32 Å². The van der Waals surface area contributed by atoms with Crippen molar-refractivity contribution in [2.75, 3.05) is 39.3 Å². The van der Waals surface area contributed by atoms with Gasteiger partial charge in [0.05, 0.1) is 0 Å². The van der Waals surface area contributed by atoms with Crippen LogP contribution in [0.25, 0.3) is 0 Å². The van der Waals surface area contributed by atoms with E-state index in [1.54, 1.807) is 7.05 Å². The zero-order valence-corrected chi connectivity index (χ0v) is 13.6. The molecule has 20 heavy (non-hydrogen) atoms. The Kier molecular flexibility index (Phi) is 3.84. The summed E-state index contributed by atoms with van der Waals surface area (Å²) in [6.45, 7) is 4.57. The minimum absolute atomic E-state index is 0.122. The monoisotopic (exact) mass is 364 g/mol. The van der Waals surface area contributed by atoms with Gasteiger partial charge in [0.15, 0.2) is 4.60 Å². The number of rotatable bonds is 3. The molecule has 112 valence electrons. The first-order valence-electron chi connectivity index (χ1n) is 6.50. The molecule has 2 aliphatic rings. The summed E-state index contributed by atoms with van der Waals surface area (Å²) in [5.41, 5.74) is 0. The molecule has 0 amide bonds. The first kappa shape index (κ1) is 14.4. The molecule has 1 N–H and O–H groups in total. The number of aromatic nitrogens is 3. The highest BCUT2D eigenvalue weighted by molar-refractivity contribution is 9.10. The lowest BCUT2D eigenvalue weighted by molar-refractivity contribution is 0.103. The van der Waals surface area contributed by atoms with Crippen molar-refractivity contribution in [3.8, 4) is 0 Å². The topological polar surface area (TPSA) is 83.4 Å². The van der Waals surface area contributed by atoms with Gasteiger partial charge in [0, 0.05) is 52.4 Å². The Bertz CT molecular complexity index is 571. The van der Waals surface area contributed by atoms with Crippen LogP contribution in [-0.2, 0) is 17.1 Å². The van der Waals surface area contributed by atoms with Crippen LogP contribution in [0, 0.1) is 0 Å². The molecule has 0 atom stereocenters. The highest BCUT2D eigenvalue weighted by Gasteiger charge is 2.35. The van der Waals surface area contributed by atoms with Gasteiger partial charge in [0.25, 0.3) is 10.0 Å². The summed E-state index contributed by atoms with van der Waals surface area (Å²) in [6.07, 6.45) is 0. The molecule has 2 fully saturated rings. The average Bonchev–Trinajstić information content (AvgIpc) is 2.68. The van der Waals surface area contributed by atoms with Crippen LogP contribution >= 0.6 is 15.9 Å². The fraction of sp³-hybridized carbons (Fsp3) is 0.800. The first-order valence-corrected chi connectivity index (χ1v) is 8.73. The third kappa shape index (κ3) is 2.39. The first-order chi connectivity index (χ1) is 9.50. The van der Waals surface area contributed by atoms with Gasteiger partial charge in [-0.05, 0) is 15.9 Å². The zero-order chi connectivity index (χ0) is 14.3. The van der Waals surface area contributed by atoms with E-state index in [2.05, 4.69) is 36.5 Å². The molecule has 2 saturated heterocycles. The molecular formula is C10H17BrN6O2S. The maximum Gasteiger partial charge on any atom is 0.263 e. The molecule has 1 aromatic rings. The van der Waals surface area contributed by atoms with E-state index >= 15 is 0 Å². The smallest absolute Gasteiger partial charge is 0.263 e. The van der Waals surface area contributed by atoms with Gasteiger partial charge in [-0.15, -0.1) is 5.10 Å². The van der Waals surface area contributed by atoms with Gasteiger partial charge in [-0.1, -0.05) is 5.21 Å². The molecule has 0 bridgehead atoms. The summed E-state index contributed by atoms with van der Waals surface area (Å²) in [5.74, 6) is 0. The van der Waals surface area contributed by atoms with E-state index < -0.39 is 10.0 Å². The SMILES string of the molecule is Cn1nnc(Br)c1S(=O)(=O)N1CCN(C2CNC2)CC1. The normalized spacial score (nSPS) is 22.9. The Morgan fingerprint density at radius 2 is 1.90 bits per heavy atom. The van der Waals surface area contributed by atoms with Gasteiger partial charge in [0.1, 0.15) is 0 Å². The Hall–Kier alpha value is -0.550. The lowest BCUT2D eigenvalue weighted by Gasteiger charge is -2.42. The molecule has 0 aromatic carbocycles. The zero-order valence-electron chi connectivity index (χ0n) is 11.2. The van der Waals surface area contributed by atoms with Crippen molar-refractivity contribution in [3.05, 3.63) is 4.60 Å². The molecular weight excluding hydrogens is 348 g/mol. The molecule has 0 radical (unpaired) electrons. The number of piperazine rings is 1. The molecule has 3 heterocycles. The molecule has 0 spiro atoms. The van der Waals surface area contributed by atoms with Gasteiger partial charge in [-0.2, -0.15) is 4.31 Å². The molecule has 1 aromatic heterocycles. The Labute approximate surface area is 126 Å². The number of hydrogen-bond acceptors (Lipinski definition) is 6. The van der Waals surface area contributed by atoms with Gasteiger partial charge < -0.3 is 5.32 Å². The van der Waals surface area contributed by atoms with Crippen LogP contribution in [0.1, 0.15) is 0 Å². The van der Waals surface area contributed by atoms with Crippen LogP contribution in [0.4, 0.5) is 0 Å². The molecule has 0 unspecified atom stereocenters. The van der Waals surface area contributed by atoms with Crippen LogP contribution in [0.3, 0.4) is 0 Å². The number of sulfonamides is 1. The number of halogens is 1.